The van der Waals surface area contributed by atoms with Crippen molar-refractivity contribution in [3.63, 3.8) is 0 Å². The predicted octanol–water partition coefficient (Wildman–Crippen LogP) is 8.09. The molecule has 0 saturated heterocycles. The fraction of sp³-hybridized carbons (Fsp3) is 0.161. The van der Waals surface area contributed by atoms with Gasteiger partial charge in [0.05, 0.1) is 16.7 Å². The molecule has 0 heterocycles. The number of benzene rings is 4. The minimum absolute atomic E-state index is 0.0136. The van der Waals surface area contributed by atoms with E-state index < -0.39 is 46.7 Å². The standard InChI is InChI=1S/C31H23F6NO3/c32-30(33,34)24-18-19(14-15-22(24)20-9-3-1-4-10-20)8-7-13-26(39)41-25-17-16-23(21-11-5-2-6-12-21)28(31(35,36)37)27(25)29(38)40/h1-6,9-12,14-18H,7-8,13H2,(H2,38,40). The lowest BCUT2D eigenvalue weighted by atomic mass is 9.93. The lowest BCUT2D eigenvalue weighted by Crippen LogP contribution is -2.22. The molecule has 0 unspecified atom stereocenters. The van der Waals surface area contributed by atoms with Crippen molar-refractivity contribution in [3.05, 3.63) is 113 Å². The number of hydrogen-bond acceptors (Lipinski definition) is 3. The highest BCUT2D eigenvalue weighted by molar-refractivity contribution is 6.00. The summed E-state index contributed by atoms with van der Waals surface area (Å²) in [5.74, 6) is -3.05. The molecule has 10 heteroatoms. The predicted molar refractivity (Wildman–Crippen MR) is 141 cm³/mol. The van der Waals surface area contributed by atoms with Crippen molar-refractivity contribution >= 4 is 11.9 Å². The van der Waals surface area contributed by atoms with Crippen molar-refractivity contribution < 1.29 is 40.7 Å². The highest BCUT2D eigenvalue weighted by Gasteiger charge is 2.40. The van der Waals surface area contributed by atoms with Crippen LogP contribution < -0.4 is 10.5 Å². The molecule has 0 fully saturated rings. The Morgan fingerprint density at radius 2 is 1.27 bits per heavy atom. The van der Waals surface area contributed by atoms with Gasteiger partial charge in [-0.1, -0.05) is 78.9 Å². The molecule has 0 saturated carbocycles. The van der Waals surface area contributed by atoms with Crippen molar-refractivity contribution in [2.24, 2.45) is 5.73 Å². The van der Waals surface area contributed by atoms with Crippen molar-refractivity contribution in [3.8, 4) is 28.0 Å². The highest BCUT2D eigenvalue weighted by atomic mass is 19.4. The number of alkyl halides is 6. The summed E-state index contributed by atoms with van der Waals surface area (Å²) in [5, 5.41) is 0. The molecule has 0 spiro atoms. The molecule has 0 aliphatic carbocycles. The van der Waals surface area contributed by atoms with Crippen LogP contribution in [0, 0.1) is 0 Å². The van der Waals surface area contributed by atoms with Crippen LogP contribution in [0.2, 0.25) is 0 Å². The number of halogens is 6. The van der Waals surface area contributed by atoms with Crippen LogP contribution in [0.5, 0.6) is 5.75 Å². The third kappa shape index (κ3) is 6.95. The Kier molecular flexibility index (Phi) is 8.51. The van der Waals surface area contributed by atoms with E-state index in [1.54, 1.807) is 36.4 Å². The summed E-state index contributed by atoms with van der Waals surface area (Å²) in [6.45, 7) is 0. The zero-order chi connectivity index (χ0) is 29.8. The lowest BCUT2D eigenvalue weighted by molar-refractivity contribution is -0.139. The molecule has 0 atom stereocenters. The number of amides is 1. The molecule has 212 valence electrons. The molecule has 4 nitrogen and oxygen atoms in total. The van der Waals surface area contributed by atoms with Gasteiger partial charge in [0.1, 0.15) is 5.75 Å². The molecule has 0 aromatic heterocycles. The molecule has 0 aliphatic heterocycles. The van der Waals surface area contributed by atoms with E-state index in [1.807, 2.05) is 0 Å². The third-order valence-electron chi connectivity index (χ3n) is 6.33. The Balaban J connectivity index is 1.53. The van der Waals surface area contributed by atoms with Gasteiger partial charge in [-0.05, 0) is 52.8 Å². The number of nitrogens with two attached hydrogens (primary N) is 1. The largest absolute Gasteiger partial charge is 0.426 e. The van der Waals surface area contributed by atoms with E-state index in [4.69, 9.17) is 10.5 Å². The normalized spacial score (nSPS) is 11.8. The SMILES string of the molecule is NC(=O)c1c(OC(=O)CCCc2ccc(-c3ccccc3)c(C(F)(F)F)c2)ccc(-c2ccccc2)c1C(F)(F)F. The zero-order valence-electron chi connectivity index (χ0n) is 21.4. The Morgan fingerprint density at radius 3 is 1.80 bits per heavy atom. The average Bonchev–Trinajstić information content (AvgIpc) is 2.92. The maximum Gasteiger partial charge on any atom is 0.417 e. The Labute approximate surface area is 231 Å². The smallest absolute Gasteiger partial charge is 0.417 e. The highest BCUT2D eigenvalue weighted by Crippen LogP contribution is 2.43. The van der Waals surface area contributed by atoms with Crippen molar-refractivity contribution in [2.75, 3.05) is 0 Å². The van der Waals surface area contributed by atoms with Crippen molar-refractivity contribution in [1.82, 2.24) is 0 Å². The first-order chi connectivity index (χ1) is 19.4. The number of aryl methyl sites for hydroxylation is 1. The molecule has 41 heavy (non-hydrogen) atoms. The first kappa shape index (κ1) is 29.4. The summed E-state index contributed by atoms with van der Waals surface area (Å²) in [7, 11) is 0. The van der Waals surface area contributed by atoms with Gasteiger partial charge in [0, 0.05) is 6.42 Å². The third-order valence-corrected chi connectivity index (χ3v) is 6.33. The lowest BCUT2D eigenvalue weighted by Gasteiger charge is -2.19. The number of hydrogen-bond donors (Lipinski definition) is 1. The number of carbonyl (C=O) groups excluding carboxylic acids is 2. The number of esters is 1. The van der Waals surface area contributed by atoms with Crippen LogP contribution in [-0.2, 0) is 23.6 Å². The summed E-state index contributed by atoms with van der Waals surface area (Å²) in [4.78, 5) is 24.7. The van der Waals surface area contributed by atoms with Gasteiger partial charge in [-0.25, -0.2) is 0 Å². The Bertz CT molecular complexity index is 1550. The zero-order valence-corrected chi connectivity index (χ0v) is 21.4. The summed E-state index contributed by atoms with van der Waals surface area (Å²) in [6, 6.07) is 21.6. The number of primary amides is 1. The molecule has 4 aromatic rings. The second-order valence-electron chi connectivity index (χ2n) is 9.16. The minimum Gasteiger partial charge on any atom is -0.426 e. The summed E-state index contributed by atoms with van der Waals surface area (Å²) in [6.07, 6.45) is -9.84. The van der Waals surface area contributed by atoms with Crippen LogP contribution in [0.15, 0.2) is 91.0 Å². The van der Waals surface area contributed by atoms with Gasteiger partial charge in [-0.3, -0.25) is 9.59 Å². The van der Waals surface area contributed by atoms with Crippen LogP contribution in [0.4, 0.5) is 26.3 Å². The van der Waals surface area contributed by atoms with Crippen LogP contribution in [0.25, 0.3) is 22.3 Å². The van der Waals surface area contributed by atoms with E-state index >= 15 is 0 Å². The minimum atomic E-state index is -5.00. The van der Waals surface area contributed by atoms with Gasteiger partial charge >= 0.3 is 18.3 Å². The van der Waals surface area contributed by atoms with E-state index in [0.717, 1.165) is 18.2 Å². The quantitative estimate of drug-likeness (QED) is 0.132. The molecule has 2 N–H and O–H groups in total. The number of ether oxygens (including phenoxy) is 1. The fourth-order valence-electron chi connectivity index (χ4n) is 4.53. The first-order valence-electron chi connectivity index (χ1n) is 12.4. The van der Waals surface area contributed by atoms with E-state index in [9.17, 15) is 35.9 Å². The molecule has 0 bridgehead atoms. The monoisotopic (exact) mass is 571 g/mol. The molecule has 4 rings (SSSR count). The van der Waals surface area contributed by atoms with Crippen LogP contribution in [-0.4, -0.2) is 11.9 Å². The maximum atomic E-state index is 14.1. The van der Waals surface area contributed by atoms with Gasteiger partial charge in [-0.15, -0.1) is 0 Å². The Morgan fingerprint density at radius 1 is 0.707 bits per heavy atom. The number of rotatable bonds is 8. The summed E-state index contributed by atoms with van der Waals surface area (Å²) >= 11 is 0. The molecule has 1 amide bonds. The second kappa shape index (κ2) is 11.9. The molecule has 0 radical (unpaired) electrons. The maximum absolute atomic E-state index is 14.1. The van der Waals surface area contributed by atoms with E-state index in [0.29, 0.717) is 11.1 Å². The molecular formula is C31H23F6NO3. The second-order valence-corrected chi connectivity index (χ2v) is 9.16. The fourth-order valence-corrected chi connectivity index (χ4v) is 4.53. The first-order valence-corrected chi connectivity index (χ1v) is 12.4. The van der Waals surface area contributed by atoms with Gasteiger partial charge < -0.3 is 10.5 Å². The van der Waals surface area contributed by atoms with Crippen molar-refractivity contribution in [2.45, 2.75) is 31.6 Å². The van der Waals surface area contributed by atoms with Gasteiger partial charge in [0.25, 0.3) is 5.91 Å². The van der Waals surface area contributed by atoms with E-state index in [1.165, 1.54) is 36.4 Å². The van der Waals surface area contributed by atoms with E-state index in [-0.39, 0.29) is 36.0 Å². The van der Waals surface area contributed by atoms with Gasteiger partial charge in [0.2, 0.25) is 0 Å². The van der Waals surface area contributed by atoms with Crippen LogP contribution in [0.3, 0.4) is 0 Å². The summed E-state index contributed by atoms with van der Waals surface area (Å²) in [5.41, 5.74) is 2.74. The van der Waals surface area contributed by atoms with Crippen molar-refractivity contribution in [1.29, 1.82) is 0 Å². The van der Waals surface area contributed by atoms with Crippen LogP contribution >= 0.6 is 0 Å². The van der Waals surface area contributed by atoms with E-state index in [2.05, 4.69) is 0 Å². The van der Waals surface area contributed by atoms with Gasteiger partial charge in [0.15, 0.2) is 0 Å². The van der Waals surface area contributed by atoms with Crippen LogP contribution in [0.1, 0.15) is 39.9 Å². The topological polar surface area (TPSA) is 69.4 Å². The molecule has 4 aromatic carbocycles. The summed E-state index contributed by atoms with van der Waals surface area (Å²) < 4.78 is 88.7. The molecule has 0 aliphatic rings. The molecular weight excluding hydrogens is 548 g/mol. The number of carbonyl (C=O) groups is 2. The van der Waals surface area contributed by atoms with Gasteiger partial charge in [-0.2, -0.15) is 26.3 Å². The Hall–Kier alpha value is -4.60. The average molecular weight is 572 g/mol.